The molecule has 1 heterocycles. The van der Waals surface area contributed by atoms with E-state index in [1.54, 1.807) is 19.9 Å². The summed E-state index contributed by atoms with van der Waals surface area (Å²) in [5.74, 6) is -0.398. The van der Waals surface area contributed by atoms with Crippen LogP contribution in [0.25, 0.3) is 0 Å². The maximum Gasteiger partial charge on any atom is 0.361 e. The number of aliphatic imine (C=N–C) groups is 1. The Bertz CT molecular complexity index is 265. The highest BCUT2D eigenvalue weighted by Gasteiger charge is 2.45. The second-order valence-corrected chi connectivity index (χ2v) is 4.59. The largest absolute Gasteiger partial charge is 0.361 e. The topological polar surface area (TPSA) is 47.9 Å². The molecule has 0 aromatic carbocycles. The summed E-state index contributed by atoms with van der Waals surface area (Å²) in [5, 5.41) is 0. The van der Waals surface area contributed by atoms with E-state index in [0.717, 1.165) is 0 Å². The van der Waals surface area contributed by atoms with Crippen LogP contribution in [0.15, 0.2) is 17.6 Å². The monoisotopic (exact) mass is 203 g/mol. The van der Waals surface area contributed by atoms with Crippen LogP contribution in [0.2, 0.25) is 0 Å². The van der Waals surface area contributed by atoms with E-state index in [1.807, 2.05) is 0 Å². The Morgan fingerprint density at radius 3 is 2.38 bits per heavy atom. The summed E-state index contributed by atoms with van der Waals surface area (Å²) in [4.78, 5) is 3.97. The highest BCUT2D eigenvalue weighted by atomic mass is 31.2. The van der Waals surface area contributed by atoms with Gasteiger partial charge >= 0.3 is 7.60 Å². The van der Waals surface area contributed by atoms with Gasteiger partial charge in [-0.1, -0.05) is 6.58 Å². The van der Waals surface area contributed by atoms with E-state index >= 15 is 0 Å². The molecule has 5 heteroatoms. The molecule has 74 valence electrons. The summed E-state index contributed by atoms with van der Waals surface area (Å²) >= 11 is 0. The second kappa shape index (κ2) is 4.18. The summed E-state index contributed by atoms with van der Waals surface area (Å²) in [7, 11) is -3.03. The van der Waals surface area contributed by atoms with Crippen molar-refractivity contribution in [3.8, 4) is 0 Å². The Hall–Kier alpha value is -0.440. The third-order valence-corrected chi connectivity index (χ3v) is 3.81. The summed E-state index contributed by atoms with van der Waals surface area (Å²) in [6.07, 6.45) is 1.58. The molecule has 0 aromatic rings. The van der Waals surface area contributed by atoms with Crippen LogP contribution >= 0.6 is 7.60 Å². The van der Waals surface area contributed by atoms with E-state index in [-0.39, 0.29) is 0 Å². The van der Waals surface area contributed by atoms with Gasteiger partial charge in [-0.2, -0.15) is 0 Å². The third kappa shape index (κ3) is 2.27. The van der Waals surface area contributed by atoms with Crippen LogP contribution < -0.4 is 0 Å². The molecule has 0 amide bonds. The van der Waals surface area contributed by atoms with Crippen LogP contribution in [-0.4, -0.2) is 24.7 Å². The molecule has 0 bridgehead atoms. The fourth-order valence-electron chi connectivity index (χ4n) is 1.03. The quantitative estimate of drug-likeness (QED) is 0.622. The number of rotatable bonds is 6. The molecule has 0 aromatic heterocycles. The van der Waals surface area contributed by atoms with Gasteiger partial charge in [0.25, 0.3) is 0 Å². The van der Waals surface area contributed by atoms with Crippen LogP contribution in [0.1, 0.15) is 13.8 Å². The van der Waals surface area contributed by atoms with Gasteiger partial charge in [0.05, 0.1) is 18.9 Å². The number of hydrogen-bond donors (Lipinski definition) is 0. The summed E-state index contributed by atoms with van der Waals surface area (Å²) in [6.45, 7) is 7.84. The number of hydrogen-bond acceptors (Lipinski definition) is 4. The van der Waals surface area contributed by atoms with Gasteiger partial charge in [-0.25, -0.2) is 0 Å². The van der Waals surface area contributed by atoms with Crippen molar-refractivity contribution in [2.24, 2.45) is 4.99 Å². The van der Waals surface area contributed by atoms with Crippen LogP contribution in [-0.2, 0) is 13.6 Å². The molecule has 1 aliphatic rings. The molecule has 0 radical (unpaired) electrons. The molecule has 0 fully saturated rings. The molecule has 0 aliphatic carbocycles. The predicted molar refractivity (Wildman–Crippen MR) is 52.3 cm³/mol. The van der Waals surface area contributed by atoms with Crippen molar-refractivity contribution >= 4 is 13.3 Å². The highest BCUT2D eigenvalue weighted by molar-refractivity contribution is 7.56. The van der Waals surface area contributed by atoms with E-state index in [0.29, 0.717) is 18.9 Å². The zero-order valence-electron chi connectivity index (χ0n) is 7.90. The lowest BCUT2D eigenvalue weighted by molar-refractivity contribution is 0.219. The minimum atomic E-state index is -3.03. The maximum absolute atomic E-state index is 11.9. The number of nitrogens with zero attached hydrogens (tertiary/aromatic N) is 1. The van der Waals surface area contributed by atoms with Gasteiger partial charge in [-0.3, -0.25) is 9.56 Å². The Balaban J connectivity index is 2.59. The van der Waals surface area contributed by atoms with Crippen molar-refractivity contribution < 1.29 is 13.6 Å². The normalized spacial score (nSPS) is 21.1. The summed E-state index contributed by atoms with van der Waals surface area (Å²) in [5.41, 5.74) is 0.713. The van der Waals surface area contributed by atoms with Crippen molar-refractivity contribution in [2.75, 3.05) is 13.2 Å². The molecule has 0 saturated heterocycles. The van der Waals surface area contributed by atoms with E-state index in [4.69, 9.17) is 9.05 Å². The first kappa shape index (κ1) is 10.6. The molecule has 0 N–H and O–H groups in total. The average molecular weight is 203 g/mol. The van der Waals surface area contributed by atoms with Gasteiger partial charge < -0.3 is 9.05 Å². The van der Waals surface area contributed by atoms with Crippen molar-refractivity contribution in [3.05, 3.63) is 12.7 Å². The van der Waals surface area contributed by atoms with E-state index in [9.17, 15) is 4.57 Å². The summed E-state index contributed by atoms with van der Waals surface area (Å²) < 4.78 is 22.1. The van der Waals surface area contributed by atoms with Gasteiger partial charge in [-0.05, 0) is 19.9 Å². The highest BCUT2D eigenvalue weighted by Crippen LogP contribution is 2.58. The van der Waals surface area contributed by atoms with E-state index < -0.39 is 13.4 Å². The molecule has 4 nitrogen and oxygen atoms in total. The molecular formula is C8H14NO3P. The first-order valence-electron chi connectivity index (χ1n) is 4.26. The summed E-state index contributed by atoms with van der Waals surface area (Å²) in [6, 6.07) is 0. The van der Waals surface area contributed by atoms with Gasteiger partial charge in [0.1, 0.15) is 0 Å². The Labute approximate surface area is 78.2 Å². The van der Waals surface area contributed by atoms with Gasteiger partial charge in [0, 0.05) is 0 Å². The van der Waals surface area contributed by atoms with Crippen LogP contribution in [0, 0.1) is 0 Å². The molecule has 1 rings (SSSR count). The first-order chi connectivity index (χ1) is 6.18. The molecule has 1 unspecified atom stereocenters. The zero-order valence-corrected chi connectivity index (χ0v) is 8.79. The van der Waals surface area contributed by atoms with Crippen molar-refractivity contribution in [2.45, 2.75) is 19.6 Å². The standard InChI is InChI=1S/C8H14NO3P/c1-4-7-8(9-7)13(10,11-5-2)12-6-3/h4,8H,1,5-6H2,2-3H3. The fourth-order valence-corrected chi connectivity index (χ4v) is 2.81. The SMILES string of the molecule is C=CC1=NC1P(=O)(OCC)OCC. The average Bonchev–Trinajstić information content (AvgIpc) is 2.84. The van der Waals surface area contributed by atoms with Crippen LogP contribution in [0.3, 0.4) is 0 Å². The van der Waals surface area contributed by atoms with Crippen LogP contribution in [0.4, 0.5) is 0 Å². The smallest absolute Gasteiger partial charge is 0.307 e. The Kier molecular flexibility index (Phi) is 3.42. The Morgan fingerprint density at radius 2 is 2.08 bits per heavy atom. The van der Waals surface area contributed by atoms with Crippen molar-refractivity contribution in [1.82, 2.24) is 0 Å². The molecule has 0 spiro atoms. The predicted octanol–water partition coefficient (Wildman–Crippen LogP) is 2.22. The fraction of sp³-hybridized carbons (Fsp3) is 0.625. The van der Waals surface area contributed by atoms with Crippen LogP contribution in [0.5, 0.6) is 0 Å². The Morgan fingerprint density at radius 1 is 1.54 bits per heavy atom. The minimum Gasteiger partial charge on any atom is -0.307 e. The van der Waals surface area contributed by atoms with E-state index in [1.165, 1.54) is 0 Å². The van der Waals surface area contributed by atoms with Crippen molar-refractivity contribution in [3.63, 3.8) is 0 Å². The van der Waals surface area contributed by atoms with E-state index in [2.05, 4.69) is 11.6 Å². The lowest BCUT2D eigenvalue weighted by Crippen LogP contribution is -2.05. The molecular weight excluding hydrogens is 189 g/mol. The lowest BCUT2D eigenvalue weighted by atomic mass is 10.5. The molecule has 1 atom stereocenters. The molecule has 1 aliphatic heterocycles. The van der Waals surface area contributed by atoms with Gasteiger partial charge in [0.2, 0.25) is 0 Å². The van der Waals surface area contributed by atoms with Crippen molar-refractivity contribution in [1.29, 1.82) is 0 Å². The maximum atomic E-state index is 11.9. The molecule has 13 heavy (non-hydrogen) atoms. The minimum absolute atomic E-state index is 0.369. The second-order valence-electron chi connectivity index (χ2n) is 2.51. The van der Waals surface area contributed by atoms with Gasteiger partial charge in [0.15, 0.2) is 5.78 Å². The third-order valence-electron chi connectivity index (χ3n) is 1.59. The zero-order chi connectivity index (χ0) is 9.90. The lowest BCUT2D eigenvalue weighted by Gasteiger charge is -2.14. The molecule has 0 saturated carbocycles. The first-order valence-corrected chi connectivity index (χ1v) is 5.88. The van der Waals surface area contributed by atoms with Gasteiger partial charge in [-0.15, -0.1) is 0 Å².